The number of halogens is 1. The lowest BCUT2D eigenvalue weighted by atomic mass is 9.92. The molecule has 1 aromatic carbocycles. The van der Waals surface area contributed by atoms with Crippen molar-refractivity contribution in [3.05, 3.63) is 34.3 Å². The molecule has 0 aromatic heterocycles. The summed E-state index contributed by atoms with van der Waals surface area (Å²) >= 11 is 3.50. The molecule has 0 saturated carbocycles. The smallest absolute Gasteiger partial charge is 0.0303 e. The molecule has 1 aromatic rings. The number of benzene rings is 1. The van der Waals surface area contributed by atoms with E-state index in [9.17, 15) is 0 Å². The molecule has 1 aliphatic heterocycles. The summed E-state index contributed by atoms with van der Waals surface area (Å²) in [6, 6.07) is 8.72. The lowest BCUT2D eigenvalue weighted by molar-refractivity contribution is 0.191. The molecule has 2 rings (SSSR count). The van der Waals surface area contributed by atoms with Crippen molar-refractivity contribution in [1.29, 1.82) is 0 Å². The van der Waals surface area contributed by atoms with Gasteiger partial charge in [-0.05, 0) is 50.0 Å². The Balaban J connectivity index is 2.04. The van der Waals surface area contributed by atoms with Gasteiger partial charge in [0.05, 0.1) is 0 Å². The van der Waals surface area contributed by atoms with Crippen LogP contribution >= 0.6 is 15.9 Å². The molecule has 1 N–H and O–H groups in total. The summed E-state index contributed by atoms with van der Waals surface area (Å²) in [4.78, 5) is 2.61. The van der Waals surface area contributed by atoms with Crippen LogP contribution in [0.2, 0.25) is 0 Å². The van der Waals surface area contributed by atoms with Crippen molar-refractivity contribution in [2.45, 2.75) is 45.2 Å². The molecule has 0 aliphatic carbocycles. The number of nitrogens with one attached hydrogen (secondary N) is 1. The van der Waals surface area contributed by atoms with Gasteiger partial charge in [0, 0.05) is 23.1 Å². The van der Waals surface area contributed by atoms with E-state index in [-0.39, 0.29) is 0 Å². The minimum absolute atomic E-state index is 0.311. The molecule has 0 radical (unpaired) electrons. The Hall–Kier alpha value is -0.380. The second-order valence-electron chi connectivity index (χ2n) is 5.60. The Kier molecular flexibility index (Phi) is 5.43. The normalized spacial score (nSPS) is 20.2. The first-order valence-electron chi connectivity index (χ1n) is 7.39. The van der Waals surface area contributed by atoms with E-state index in [0.29, 0.717) is 5.54 Å². The van der Waals surface area contributed by atoms with Gasteiger partial charge in [-0.3, -0.25) is 4.90 Å². The van der Waals surface area contributed by atoms with E-state index in [0.717, 1.165) is 24.1 Å². The molecule has 2 nitrogen and oxygen atoms in total. The maximum Gasteiger partial charge on any atom is 0.0303 e. The fourth-order valence-corrected chi connectivity index (χ4v) is 3.19. The maximum absolute atomic E-state index is 3.77. The largest absolute Gasteiger partial charge is 0.310 e. The highest BCUT2D eigenvalue weighted by Crippen LogP contribution is 2.21. The number of hydrogen-bond donors (Lipinski definition) is 1. The molecular formula is C16H25BrN2. The average molecular weight is 325 g/mol. The number of rotatable bonds is 4. The molecule has 3 heteroatoms. The molecule has 1 heterocycles. The quantitative estimate of drug-likeness (QED) is 0.906. The SMILES string of the molecule is CCC1(CC)CN(Cc2ccc(Br)cc2)CCCN1. The molecule has 1 fully saturated rings. The molecule has 0 unspecified atom stereocenters. The zero-order valence-electron chi connectivity index (χ0n) is 12.1. The molecule has 0 spiro atoms. The first-order chi connectivity index (χ1) is 9.17. The Morgan fingerprint density at radius 3 is 2.53 bits per heavy atom. The topological polar surface area (TPSA) is 15.3 Å². The zero-order chi connectivity index (χ0) is 13.7. The predicted molar refractivity (Wildman–Crippen MR) is 85.4 cm³/mol. The van der Waals surface area contributed by atoms with Gasteiger partial charge >= 0.3 is 0 Å². The Labute approximate surface area is 125 Å². The summed E-state index contributed by atoms with van der Waals surface area (Å²) in [7, 11) is 0. The van der Waals surface area contributed by atoms with Crippen molar-refractivity contribution in [3.8, 4) is 0 Å². The lowest BCUT2D eigenvalue weighted by Gasteiger charge is -2.35. The van der Waals surface area contributed by atoms with E-state index in [1.165, 1.54) is 31.4 Å². The van der Waals surface area contributed by atoms with E-state index in [4.69, 9.17) is 0 Å². The van der Waals surface area contributed by atoms with Gasteiger partial charge in [0.25, 0.3) is 0 Å². The van der Waals surface area contributed by atoms with Crippen LogP contribution in [0.25, 0.3) is 0 Å². The minimum Gasteiger partial charge on any atom is -0.310 e. The van der Waals surface area contributed by atoms with Gasteiger partial charge in [0.15, 0.2) is 0 Å². The van der Waals surface area contributed by atoms with Gasteiger partial charge in [-0.1, -0.05) is 41.9 Å². The summed E-state index contributed by atoms with van der Waals surface area (Å²) in [5.74, 6) is 0. The summed E-state index contributed by atoms with van der Waals surface area (Å²) < 4.78 is 1.16. The maximum atomic E-state index is 3.77. The predicted octanol–water partition coefficient (Wildman–Crippen LogP) is 3.80. The van der Waals surface area contributed by atoms with Crippen molar-refractivity contribution in [1.82, 2.24) is 10.2 Å². The van der Waals surface area contributed by atoms with Gasteiger partial charge in [0.2, 0.25) is 0 Å². The van der Waals surface area contributed by atoms with E-state index in [2.05, 4.69) is 64.3 Å². The van der Waals surface area contributed by atoms with Crippen LogP contribution in [0.4, 0.5) is 0 Å². The van der Waals surface area contributed by atoms with Crippen molar-refractivity contribution >= 4 is 15.9 Å². The van der Waals surface area contributed by atoms with Gasteiger partial charge in [-0.2, -0.15) is 0 Å². The van der Waals surface area contributed by atoms with Gasteiger partial charge in [-0.15, -0.1) is 0 Å². The summed E-state index contributed by atoms with van der Waals surface area (Å²) in [6.45, 7) is 9.19. The van der Waals surface area contributed by atoms with E-state index >= 15 is 0 Å². The third-order valence-electron chi connectivity index (χ3n) is 4.35. The highest BCUT2D eigenvalue weighted by Gasteiger charge is 2.29. The van der Waals surface area contributed by atoms with Crippen molar-refractivity contribution in [2.75, 3.05) is 19.6 Å². The Morgan fingerprint density at radius 2 is 1.89 bits per heavy atom. The molecule has 0 amide bonds. The van der Waals surface area contributed by atoms with E-state index < -0.39 is 0 Å². The molecule has 0 bridgehead atoms. The highest BCUT2D eigenvalue weighted by molar-refractivity contribution is 9.10. The molecule has 0 atom stereocenters. The van der Waals surface area contributed by atoms with Crippen LogP contribution in [-0.4, -0.2) is 30.1 Å². The molecule has 19 heavy (non-hydrogen) atoms. The summed E-state index contributed by atoms with van der Waals surface area (Å²) in [5.41, 5.74) is 1.72. The molecule has 1 saturated heterocycles. The third kappa shape index (κ3) is 4.04. The first kappa shape index (κ1) is 15.0. The third-order valence-corrected chi connectivity index (χ3v) is 4.88. The van der Waals surface area contributed by atoms with Crippen LogP contribution in [0.15, 0.2) is 28.7 Å². The van der Waals surface area contributed by atoms with Crippen LogP contribution in [0.3, 0.4) is 0 Å². The number of nitrogens with zero attached hydrogens (tertiary/aromatic N) is 1. The second kappa shape index (κ2) is 6.87. The fraction of sp³-hybridized carbons (Fsp3) is 0.625. The summed E-state index contributed by atoms with van der Waals surface area (Å²) in [6.07, 6.45) is 3.67. The van der Waals surface area contributed by atoms with E-state index in [1.807, 2.05) is 0 Å². The van der Waals surface area contributed by atoms with Crippen molar-refractivity contribution in [3.63, 3.8) is 0 Å². The van der Waals surface area contributed by atoms with Gasteiger partial charge in [0.1, 0.15) is 0 Å². The first-order valence-corrected chi connectivity index (χ1v) is 8.18. The molecule has 1 aliphatic rings. The zero-order valence-corrected chi connectivity index (χ0v) is 13.7. The van der Waals surface area contributed by atoms with Crippen molar-refractivity contribution < 1.29 is 0 Å². The van der Waals surface area contributed by atoms with E-state index in [1.54, 1.807) is 0 Å². The fourth-order valence-electron chi connectivity index (χ4n) is 2.93. The highest BCUT2D eigenvalue weighted by atomic mass is 79.9. The van der Waals surface area contributed by atoms with Gasteiger partial charge in [-0.25, -0.2) is 0 Å². The second-order valence-corrected chi connectivity index (χ2v) is 6.52. The number of hydrogen-bond acceptors (Lipinski definition) is 2. The van der Waals surface area contributed by atoms with Crippen molar-refractivity contribution in [2.24, 2.45) is 0 Å². The monoisotopic (exact) mass is 324 g/mol. The van der Waals surface area contributed by atoms with Crippen LogP contribution in [0, 0.1) is 0 Å². The molecular weight excluding hydrogens is 300 g/mol. The average Bonchev–Trinajstić information content (AvgIpc) is 2.64. The molecule has 106 valence electrons. The van der Waals surface area contributed by atoms with Crippen LogP contribution in [-0.2, 0) is 6.54 Å². The summed E-state index contributed by atoms with van der Waals surface area (Å²) in [5, 5.41) is 3.77. The standard InChI is InChI=1S/C16H25BrN2/c1-3-16(4-2)13-19(11-5-10-18-16)12-14-6-8-15(17)9-7-14/h6-9,18H,3-5,10-13H2,1-2H3. The van der Waals surface area contributed by atoms with Crippen LogP contribution < -0.4 is 5.32 Å². The lowest BCUT2D eigenvalue weighted by Crippen LogP contribution is -2.50. The van der Waals surface area contributed by atoms with Crippen LogP contribution in [0.5, 0.6) is 0 Å². The Bertz CT molecular complexity index is 384. The Morgan fingerprint density at radius 1 is 1.21 bits per heavy atom. The van der Waals surface area contributed by atoms with Crippen LogP contribution in [0.1, 0.15) is 38.7 Å². The van der Waals surface area contributed by atoms with Gasteiger partial charge < -0.3 is 5.32 Å². The minimum atomic E-state index is 0.311.